The first-order valence-electron chi connectivity index (χ1n) is 7.35. The van der Waals surface area contributed by atoms with Gasteiger partial charge in [-0.15, -0.1) is 0 Å². The number of hydrogen-bond acceptors (Lipinski definition) is 4. The molecule has 9 heteroatoms. The van der Waals surface area contributed by atoms with Crippen LogP contribution in [0.15, 0.2) is 0 Å². The van der Waals surface area contributed by atoms with Crippen LogP contribution in [0, 0.1) is 23.2 Å². The van der Waals surface area contributed by atoms with Crippen molar-refractivity contribution >= 4 is 11.9 Å². The van der Waals surface area contributed by atoms with Gasteiger partial charge in [0.15, 0.2) is 0 Å². The molecule has 2 rings (SSSR count). The number of carboxylic acid groups (broad SMARTS) is 2. The summed E-state index contributed by atoms with van der Waals surface area (Å²) in [6.07, 6.45) is 1.39. The number of halogens is 3. The van der Waals surface area contributed by atoms with E-state index in [1.165, 1.54) is 19.3 Å². The molecule has 2 fully saturated rings. The van der Waals surface area contributed by atoms with Crippen LogP contribution in [0.25, 0.3) is 0 Å². The maximum Gasteiger partial charge on any atom is 0.490 e. The summed E-state index contributed by atoms with van der Waals surface area (Å²) in [5, 5.41) is 28.3. The molecule has 6 nitrogen and oxygen atoms in total. The van der Waals surface area contributed by atoms with E-state index in [1.807, 2.05) is 0 Å². The van der Waals surface area contributed by atoms with Crippen molar-refractivity contribution in [2.75, 3.05) is 0 Å². The van der Waals surface area contributed by atoms with Gasteiger partial charge in [0.2, 0.25) is 0 Å². The predicted molar refractivity (Wildman–Crippen MR) is 72.3 cm³/mol. The van der Waals surface area contributed by atoms with Crippen LogP contribution in [-0.4, -0.2) is 40.4 Å². The third kappa shape index (κ3) is 5.71. The number of carboxylic acids is 2. The molecule has 1 saturated heterocycles. The van der Waals surface area contributed by atoms with E-state index in [0.29, 0.717) is 12.3 Å². The van der Waals surface area contributed by atoms with Gasteiger partial charge < -0.3 is 10.2 Å². The predicted octanol–water partition coefficient (Wildman–Crippen LogP) is 2.15. The van der Waals surface area contributed by atoms with E-state index in [2.05, 4.69) is 11.4 Å². The molecule has 1 saturated carbocycles. The number of alkyl halides is 3. The van der Waals surface area contributed by atoms with Crippen LogP contribution in [0.5, 0.6) is 0 Å². The number of hydrogen-bond donors (Lipinski definition) is 3. The van der Waals surface area contributed by atoms with Crippen molar-refractivity contribution < 1.29 is 33.0 Å². The third-order valence-electron chi connectivity index (χ3n) is 4.18. The standard InChI is InChI=1S/C12H18N2O2.C2HF3O2/c13-7-9-6-10(12(15)16)14-11(9)8-4-2-1-3-5-8;3-2(4,5)1(6)7/h8-11,14H,1-6H2,(H,15,16);(H,6,7). The minimum absolute atomic E-state index is 0.103. The van der Waals surface area contributed by atoms with E-state index in [0.717, 1.165) is 12.8 Å². The Labute approximate surface area is 131 Å². The van der Waals surface area contributed by atoms with Gasteiger partial charge in [-0.2, -0.15) is 18.4 Å². The molecular weight excluding hydrogens is 317 g/mol. The Morgan fingerprint density at radius 3 is 2.04 bits per heavy atom. The van der Waals surface area contributed by atoms with Gasteiger partial charge >= 0.3 is 18.1 Å². The fourth-order valence-electron chi connectivity index (χ4n) is 3.08. The molecule has 3 unspecified atom stereocenters. The molecule has 1 aliphatic heterocycles. The molecule has 3 atom stereocenters. The normalized spacial score (nSPS) is 28.3. The van der Waals surface area contributed by atoms with Crippen LogP contribution in [-0.2, 0) is 9.59 Å². The lowest BCUT2D eigenvalue weighted by Gasteiger charge is -2.29. The van der Waals surface area contributed by atoms with E-state index >= 15 is 0 Å². The Hall–Kier alpha value is -1.82. The number of aliphatic carboxylic acids is 2. The molecule has 2 aliphatic rings. The maximum absolute atomic E-state index is 10.9. The Bertz CT molecular complexity index is 470. The third-order valence-corrected chi connectivity index (χ3v) is 4.18. The van der Waals surface area contributed by atoms with Gasteiger partial charge in [-0.3, -0.25) is 10.1 Å². The summed E-state index contributed by atoms with van der Waals surface area (Å²) >= 11 is 0. The quantitative estimate of drug-likeness (QED) is 0.713. The van der Waals surface area contributed by atoms with Gasteiger partial charge in [-0.05, 0) is 25.2 Å². The minimum atomic E-state index is -5.08. The molecule has 1 heterocycles. The topological polar surface area (TPSA) is 110 Å². The summed E-state index contributed by atoms with van der Waals surface area (Å²) in [7, 11) is 0. The lowest BCUT2D eigenvalue weighted by atomic mass is 9.80. The second-order valence-corrected chi connectivity index (χ2v) is 5.76. The van der Waals surface area contributed by atoms with E-state index in [9.17, 15) is 18.0 Å². The van der Waals surface area contributed by atoms with Crippen molar-refractivity contribution in [3.8, 4) is 6.07 Å². The summed E-state index contributed by atoms with van der Waals surface area (Å²) in [4.78, 5) is 19.8. The van der Waals surface area contributed by atoms with Gasteiger partial charge in [0.25, 0.3) is 0 Å². The van der Waals surface area contributed by atoms with E-state index in [1.54, 1.807) is 0 Å². The molecule has 0 spiro atoms. The molecule has 23 heavy (non-hydrogen) atoms. The van der Waals surface area contributed by atoms with Crippen LogP contribution in [0.2, 0.25) is 0 Å². The summed E-state index contributed by atoms with van der Waals surface area (Å²) in [6.45, 7) is 0. The molecule has 0 radical (unpaired) electrons. The van der Waals surface area contributed by atoms with Crippen LogP contribution in [0.3, 0.4) is 0 Å². The molecule has 130 valence electrons. The minimum Gasteiger partial charge on any atom is -0.480 e. The maximum atomic E-state index is 10.9. The SMILES string of the molecule is N#CC1CC(C(=O)O)NC1C1CCCCC1.O=C(O)C(F)(F)F. The monoisotopic (exact) mass is 336 g/mol. The molecule has 0 aromatic carbocycles. The van der Waals surface area contributed by atoms with Crippen molar-refractivity contribution in [1.82, 2.24) is 5.32 Å². The van der Waals surface area contributed by atoms with Gasteiger partial charge in [-0.1, -0.05) is 19.3 Å². The van der Waals surface area contributed by atoms with Crippen LogP contribution >= 0.6 is 0 Å². The molecule has 0 aromatic rings. The lowest BCUT2D eigenvalue weighted by molar-refractivity contribution is -0.192. The van der Waals surface area contributed by atoms with Crippen LogP contribution in [0.4, 0.5) is 13.2 Å². The second kappa shape index (κ2) is 8.15. The number of nitriles is 1. The van der Waals surface area contributed by atoms with Gasteiger partial charge in [0.1, 0.15) is 6.04 Å². The van der Waals surface area contributed by atoms with Crippen molar-refractivity contribution in [3.63, 3.8) is 0 Å². The van der Waals surface area contributed by atoms with Crippen LogP contribution < -0.4 is 5.32 Å². The Balaban J connectivity index is 0.000000322. The molecule has 0 aromatic heterocycles. The zero-order valence-corrected chi connectivity index (χ0v) is 12.3. The molecule has 0 bridgehead atoms. The number of carbonyl (C=O) groups is 2. The van der Waals surface area contributed by atoms with Gasteiger partial charge in [-0.25, -0.2) is 4.79 Å². The van der Waals surface area contributed by atoms with Crippen molar-refractivity contribution in [2.24, 2.45) is 11.8 Å². The molecule has 1 aliphatic carbocycles. The number of nitrogens with zero attached hydrogens (tertiary/aromatic N) is 1. The van der Waals surface area contributed by atoms with Crippen molar-refractivity contribution in [1.29, 1.82) is 5.26 Å². The average molecular weight is 336 g/mol. The van der Waals surface area contributed by atoms with Gasteiger partial charge in [0, 0.05) is 6.04 Å². The Kier molecular flexibility index (Phi) is 6.81. The highest BCUT2D eigenvalue weighted by atomic mass is 19.4. The van der Waals surface area contributed by atoms with Crippen molar-refractivity contribution in [2.45, 2.75) is 56.8 Å². The lowest BCUT2D eigenvalue weighted by Crippen LogP contribution is -2.41. The summed E-state index contributed by atoms with van der Waals surface area (Å²) in [6, 6.07) is 1.86. The summed E-state index contributed by atoms with van der Waals surface area (Å²) in [5.74, 6) is -3.20. The highest BCUT2D eigenvalue weighted by molar-refractivity contribution is 5.74. The highest BCUT2D eigenvalue weighted by Gasteiger charge is 2.41. The Morgan fingerprint density at radius 1 is 1.13 bits per heavy atom. The number of rotatable bonds is 2. The van der Waals surface area contributed by atoms with Crippen LogP contribution in [0.1, 0.15) is 38.5 Å². The zero-order chi connectivity index (χ0) is 17.6. The summed E-state index contributed by atoms with van der Waals surface area (Å²) in [5.41, 5.74) is 0. The first-order chi connectivity index (χ1) is 10.7. The first kappa shape index (κ1) is 19.2. The highest BCUT2D eigenvalue weighted by Crippen LogP contribution is 2.34. The number of nitrogens with one attached hydrogen (secondary N) is 1. The van der Waals surface area contributed by atoms with E-state index < -0.39 is 24.2 Å². The van der Waals surface area contributed by atoms with Crippen molar-refractivity contribution in [3.05, 3.63) is 0 Å². The molecule has 0 amide bonds. The van der Waals surface area contributed by atoms with Gasteiger partial charge in [0.05, 0.1) is 12.0 Å². The molecular formula is C14H19F3N2O4. The second-order valence-electron chi connectivity index (χ2n) is 5.76. The summed E-state index contributed by atoms with van der Waals surface area (Å²) < 4.78 is 31.7. The zero-order valence-electron chi connectivity index (χ0n) is 12.3. The smallest absolute Gasteiger partial charge is 0.480 e. The fraction of sp³-hybridized carbons (Fsp3) is 0.786. The first-order valence-corrected chi connectivity index (χ1v) is 7.35. The fourth-order valence-corrected chi connectivity index (χ4v) is 3.08. The van der Waals surface area contributed by atoms with E-state index in [4.69, 9.17) is 20.3 Å². The largest absolute Gasteiger partial charge is 0.490 e. The molecule has 3 N–H and O–H groups in total. The Morgan fingerprint density at radius 2 is 1.65 bits per heavy atom. The average Bonchev–Trinajstić information content (AvgIpc) is 2.92. The van der Waals surface area contributed by atoms with E-state index in [-0.39, 0.29) is 12.0 Å².